The molecule has 0 bridgehead atoms. The molecule has 2 heterocycles. The van der Waals surface area contributed by atoms with Gasteiger partial charge in [-0.1, -0.05) is 18.2 Å². The zero-order valence-corrected chi connectivity index (χ0v) is 16.2. The van der Waals surface area contributed by atoms with E-state index >= 15 is 0 Å². The molecule has 1 aliphatic heterocycles. The Morgan fingerprint density at radius 2 is 1.87 bits per heavy atom. The maximum absolute atomic E-state index is 13.2. The summed E-state index contributed by atoms with van der Waals surface area (Å²) < 4.78 is 44.9. The van der Waals surface area contributed by atoms with Crippen LogP contribution in [0, 0.1) is 5.82 Å². The molecule has 0 radical (unpaired) electrons. The first-order valence-corrected chi connectivity index (χ1v) is 9.24. The molecule has 0 unspecified atom stereocenters. The minimum atomic E-state index is -5.08. The number of carbonyl (C=O) groups excluding carboxylic acids is 1. The number of carbonyl (C=O) groups is 2. The van der Waals surface area contributed by atoms with E-state index in [2.05, 4.69) is 10.3 Å². The fourth-order valence-electron chi connectivity index (χ4n) is 3.02. The molecule has 2 aromatic rings. The van der Waals surface area contributed by atoms with Crippen LogP contribution in [0.3, 0.4) is 0 Å². The second-order valence-electron chi connectivity index (χ2n) is 6.77. The number of amides is 2. The molecule has 1 aromatic carbocycles. The van der Waals surface area contributed by atoms with Crippen LogP contribution in [-0.4, -0.2) is 57.0 Å². The Kier molecular flexibility index (Phi) is 8.31. The van der Waals surface area contributed by atoms with Crippen molar-refractivity contribution in [3.8, 4) is 0 Å². The first-order chi connectivity index (χ1) is 14.6. The molecule has 2 amide bonds. The van der Waals surface area contributed by atoms with Crippen LogP contribution in [0.15, 0.2) is 48.8 Å². The topological polar surface area (TPSA) is 103 Å². The smallest absolute Gasteiger partial charge is 0.475 e. The van der Waals surface area contributed by atoms with Crippen molar-refractivity contribution in [1.29, 1.82) is 0 Å². The lowest BCUT2D eigenvalue weighted by molar-refractivity contribution is -0.192. The maximum Gasteiger partial charge on any atom is 0.490 e. The minimum Gasteiger partial charge on any atom is -0.475 e. The number of carboxylic acids is 1. The number of aliphatic hydroxyl groups excluding tert-OH is 1. The van der Waals surface area contributed by atoms with Gasteiger partial charge in [-0.15, -0.1) is 0 Å². The summed E-state index contributed by atoms with van der Waals surface area (Å²) in [4.78, 5) is 27.1. The average molecular weight is 443 g/mol. The predicted octanol–water partition coefficient (Wildman–Crippen LogP) is 2.74. The number of alkyl halides is 3. The molecule has 7 nitrogen and oxygen atoms in total. The monoisotopic (exact) mass is 443 g/mol. The molecule has 3 rings (SSSR count). The van der Waals surface area contributed by atoms with E-state index in [9.17, 15) is 27.5 Å². The zero-order chi connectivity index (χ0) is 23.0. The van der Waals surface area contributed by atoms with Crippen molar-refractivity contribution in [2.45, 2.75) is 37.7 Å². The van der Waals surface area contributed by atoms with E-state index in [4.69, 9.17) is 9.90 Å². The quantitative estimate of drug-likeness (QED) is 0.631. The molecule has 3 N–H and O–H groups in total. The molecule has 1 aliphatic rings. The third-order valence-electron chi connectivity index (χ3n) is 4.51. The number of nitrogens with zero attached hydrogens (tertiary/aromatic N) is 2. The molecule has 0 saturated carbocycles. The lowest BCUT2D eigenvalue weighted by atomic mass is 10.0. The van der Waals surface area contributed by atoms with Crippen molar-refractivity contribution in [3.05, 3.63) is 65.7 Å². The first kappa shape index (κ1) is 24.1. The van der Waals surface area contributed by atoms with Gasteiger partial charge in [0.05, 0.1) is 12.1 Å². The number of aromatic nitrogens is 1. The lowest BCUT2D eigenvalue weighted by Crippen LogP contribution is -2.46. The lowest BCUT2D eigenvalue weighted by Gasteiger charge is -2.26. The van der Waals surface area contributed by atoms with E-state index in [1.807, 2.05) is 12.1 Å². The Morgan fingerprint density at radius 3 is 2.45 bits per heavy atom. The number of pyridine rings is 1. The van der Waals surface area contributed by atoms with E-state index in [1.165, 1.54) is 12.1 Å². The summed E-state index contributed by atoms with van der Waals surface area (Å²) in [5.74, 6) is -3.08. The largest absolute Gasteiger partial charge is 0.490 e. The van der Waals surface area contributed by atoms with Gasteiger partial charge >= 0.3 is 18.2 Å². The second kappa shape index (κ2) is 10.7. The number of hydrogen-bond donors (Lipinski definition) is 3. The number of urea groups is 1. The summed E-state index contributed by atoms with van der Waals surface area (Å²) in [6.07, 6.45) is -1.09. The summed E-state index contributed by atoms with van der Waals surface area (Å²) in [5, 5.41) is 20.1. The number of rotatable bonds is 4. The number of halogens is 4. The van der Waals surface area contributed by atoms with Gasteiger partial charge in [0.2, 0.25) is 0 Å². The van der Waals surface area contributed by atoms with Crippen LogP contribution in [0.4, 0.5) is 22.4 Å². The Morgan fingerprint density at radius 1 is 1.19 bits per heavy atom. The fourth-order valence-corrected chi connectivity index (χ4v) is 3.02. The number of benzene rings is 1. The van der Waals surface area contributed by atoms with Crippen LogP contribution in [0.1, 0.15) is 17.5 Å². The second-order valence-corrected chi connectivity index (χ2v) is 6.77. The molecule has 31 heavy (non-hydrogen) atoms. The molecule has 2 atom stereocenters. The Bertz CT molecular complexity index is 880. The van der Waals surface area contributed by atoms with Crippen LogP contribution in [0.2, 0.25) is 0 Å². The van der Waals surface area contributed by atoms with E-state index < -0.39 is 18.2 Å². The van der Waals surface area contributed by atoms with E-state index in [1.54, 1.807) is 29.4 Å². The summed E-state index contributed by atoms with van der Waals surface area (Å²) in [6, 6.07) is 9.38. The summed E-state index contributed by atoms with van der Waals surface area (Å²) >= 11 is 0. The Hall–Kier alpha value is -3.21. The van der Waals surface area contributed by atoms with Crippen molar-refractivity contribution in [2.24, 2.45) is 0 Å². The number of aliphatic hydroxyl groups is 1. The average Bonchev–Trinajstić information content (AvgIpc) is 3.07. The normalized spacial score (nSPS) is 18.2. The number of likely N-dealkylation sites (tertiary alicyclic amines) is 1. The summed E-state index contributed by atoms with van der Waals surface area (Å²) in [7, 11) is 0. The molecular weight excluding hydrogens is 422 g/mol. The van der Waals surface area contributed by atoms with Crippen molar-refractivity contribution >= 4 is 12.0 Å². The predicted molar refractivity (Wildman–Crippen MR) is 101 cm³/mol. The first-order valence-electron chi connectivity index (χ1n) is 9.24. The van der Waals surface area contributed by atoms with Crippen molar-refractivity contribution in [2.75, 3.05) is 6.54 Å². The third kappa shape index (κ3) is 7.52. The highest BCUT2D eigenvalue weighted by Crippen LogP contribution is 2.22. The van der Waals surface area contributed by atoms with Gasteiger partial charge < -0.3 is 20.4 Å². The van der Waals surface area contributed by atoms with Gasteiger partial charge in [0, 0.05) is 25.5 Å². The van der Waals surface area contributed by atoms with Gasteiger partial charge in [-0.2, -0.15) is 13.2 Å². The van der Waals surface area contributed by atoms with Crippen LogP contribution < -0.4 is 5.32 Å². The summed E-state index contributed by atoms with van der Waals surface area (Å²) in [6.45, 7) is 0.754. The molecular formula is C20H21F4N3O4. The number of aliphatic carboxylic acids is 1. The SMILES string of the molecule is O=C(NCc1cccc(F)c1)N1CC[C@@H](O)[C@@H]1Cc1cccnc1.O=C(O)C(F)(F)F. The minimum absolute atomic E-state index is 0.246. The van der Waals surface area contributed by atoms with Crippen LogP contribution in [0.25, 0.3) is 0 Å². The van der Waals surface area contributed by atoms with Gasteiger partial charge in [-0.05, 0) is 42.2 Å². The highest BCUT2D eigenvalue weighted by Gasteiger charge is 2.38. The number of hydrogen-bond acceptors (Lipinski definition) is 4. The molecule has 0 spiro atoms. The molecule has 1 aromatic heterocycles. The van der Waals surface area contributed by atoms with E-state index in [0.717, 1.165) is 5.56 Å². The van der Waals surface area contributed by atoms with E-state index in [-0.39, 0.29) is 24.4 Å². The van der Waals surface area contributed by atoms with Crippen molar-refractivity contribution in [3.63, 3.8) is 0 Å². The number of carboxylic acid groups (broad SMARTS) is 1. The zero-order valence-electron chi connectivity index (χ0n) is 16.2. The molecule has 1 fully saturated rings. The number of nitrogens with one attached hydrogen (secondary N) is 1. The van der Waals surface area contributed by atoms with Gasteiger partial charge in [0.25, 0.3) is 0 Å². The molecule has 1 saturated heterocycles. The Labute approximate surface area is 175 Å². The van der Waals surface area contributed by atoms with E-state index in [0.29, 0.717) is 24.9 Å². The van der Waals surface area contributed by atoms with Crippen LogP contribution >= 0.6 is 0 Å². The van der Waals surface area contributed by atoms with Gasteiger partial charge in [0.15, 0.2) is 0 Å². The maximum atomic E-state index is 13.2. The Balaban J connectivity index is 0.000000423. The third-order valence-corrected chi connectivity index (χ3v) is 4.51. The standard InChI is InChI=1S/C18H20FN3O2.C2HF3O2/c19-15-5-1-3-13(9-15)12-21-18(24)22-8-6-17(23)16(22)10-14-4-2-7-20-11-14;3-2(4,5)1(6)7/h1-5,7,9,11,16-17,23H,6,8,10,12H2,(H,21,24);(H,6,7)/t16-,17+;/m0./s1. The highest BCUT2D eigenvalue weighted by molar-refractivity contribution is 5.75. The van der Waals surface area contributed by atoms with Crippen LogP contribution in [0.5, 0.6) is 0 Å². The molecule has 0 aliphatic carbocycles. The summed E-state index contributed by atoms with van der Waals surface area (Å²) in [5.41, 5.74) is 1.68. The fraction of sp³-hybridized carbons (Fsp3) is 0.350. The van der Waals surface area contributed by atoms with Crippen molar-refractivity contribution in [1.82, 2.24) is 15.2 Å². The highest BCUT2D eigenvalue weighted by atomic mass is 19.4. The molecule has 168 valence electrons. The van der Waals surface area contributed by atoms with Crippen molar-refractivity contribution < 1.29 is 37.4 Å². The van der Waals surface area contributed by atoms with Gasteiger partial charge in [-0.25, -0.2) is 14.0 Å². The van der Waals surface area contributed by atoms with Crippen LogP contribution in [-0.2, 0) is 17.8 Å². The molecule has 11 heteroatoms. The van der Waals surface area contributed by atoms with Gasteiger partial charge in [-0.3, -0.25) is 4.98 Å². The van der Waals surface area contributed by atoms with Gasteiger partial charge in [0.1, 0.15) is 5.82 Å².